The lowest BCUT2D eigenvalue weighted by molar-refractivity contribution is 0.0724. The number of hydrogen-bond donors (Lipinski definition) is 0. The van der Waals surface area contributed by atoms with E-state index in [0.717, 1.165) is 12.8 Å². The summed E-state index contributed by atoms with van der Waals surface area (Å²) in [4.78, 5) is 22.1. The van der Waals surface area contributed by atoms with Crippen LogP contribution < -0.4 is 0 Å². The summed E-state index contributed by atoms with van der Waals surface area (Å²) < 4.78 is 0. The summed E-state index contributed by atoms with van der Waals surface area (Å²) >= 11 is 5.69. The molecular formula is C15H14ClN3O. The number of hydrogen-bond acceptors (Lipinski definition) is 3. The van der Waals surface area contributed by atoms with Gasteiger partial charge in [0.1, 0.15) is 10.8 Å². The Morgan fingerprint density at radius 2 is 2.10 bits per heavy atom. The number of carbonyl (C=O) groups is 1. The molecule has 1 atom stereocenters. The number of benzene rings is 1. The molecule has 0 aliphatic heterocycles. The van der Waals surface area contributed by atoms with E-state index in [2.05, 4.69) is 22.1 Å². The Morgan fingerprint density at radius 3 is 2.85 bits per heavy atom. The third kappa shape index (κ3) is 2.27. The van der Waals surface area contributed by atoms with Crippen molar-refractivity contribution in [2.45, 2.75) is 18.9 Å². The zero-order valence-electron chi connectivity index (χ0n) is 11.1. The van der Waals surface area contributed by atoms with Crippen molar-refractivity contribution in [3.63, 3.8) is 0 Å². The molecule has 2 aromatic rings. The van der Waals surface area contributed by atoms with Gasteiger partial charge in [0.15, 0.2) is 0 Å². The Balaban J connectivity index is 1.85. The SMILES string of the molecule is CN(C(=O)c1cnc(Cl)cn1)C1CCc2ccccc21. The minimum Gasteiger partial charge on any atom is -0.333 e. The van der Waals surface area contributed by atoms with Gasteiger partial charge in [-0.25, -0.2) is 9.97 Å². The first-order chi connectivity index (χ1) is 9.66. The van der Waals surface area contributed by atoms with E-state index in [0.29, 0.717) is 5.69 Å². The topological polar surface area (TPSA) is 46.1 Å². The second-order valence-corrected chi connectivity index (χ2v) is 5.28. The molecule has 20 heavy (non-hydrogen) atoms. The molecule has 0 fully saturated rings. The first kappa shape index (κ1) is 13.1. The summed E-state index contributed by atoms with van der Waals surface area (Å²) in [5.74, 6) is -0.129. The fraction of sp³-hybridized carbons (Fsp3) is 0.267. The number of nitrogens with zero attached hydrogens (tertiary/aromatic N) is 3. The molecule has 1 heterocycles. The van der Waals surface area contributed by atoms with Gasteiger partial charge in [-0.05, 0) is 24.0 Å². The van der Waals surface area contributed by atoms with Gasteiger partial charge in [-0.2, -0.15) is 0 Å². The molecule has 1 amide bonds. The maximum Gasteiger partial charge on any atom is 0.274 e. The van der Waals surface area contributed by atoms with Crippen molar-refractivity contribution >= 4 is 17.5 Å². The van der Waals surface area contributed by atoms with Gasteiger partial charge in [0.25, 0.3) is 5.91 Å². The zero-order chi connectivity index (χ0) is 14.1. The van der Waals surface area contributed by atoms with Crippen LogP contribution in [-0.2, 0) is 6.42 Å². The Kier molecular flexibility index (Phi) is 3.40. The van der Waals surface area contributed by atoms with Gasteiger partial charge < -0.3 is 4.90 Å². The van der Waals surface area contributed by atoms with E-state index in [4.69, 9.17) is 11.6 Å². The quantitative estimate of drug-likeness (QED) is 0.853. The number of fused-ring (bicyclic) bond motifs is 1. The molecule has 1 aliphatic carbocycles. The Labute approximate surface area is 122 Å². The lowest BCUT2D eigenvalue weighted by Crippen LogP contribution is -2.30. The second-order valence-electron chi connectivity index (χ2n) is 4.89. The van der Waals surface area contributed by atoms with Crippen LogP contribution in [-0.4, -0.2) is 27.8 Å². The van der Waals surface area contributed by atoms with Crippen molar-refractivity contribution in [2.75, 3.05) is 7.05 Å². The molecule has 3 rings (SSSR count). The molecule has 102 valence electrons. The van der Waals surface area contributed by atoms with Gasteiger partial charge >= 0.3 is 0 Å². The highest BCUT2D eigenvalue weighted by Gasteiger charge is 2.29. The monoisotopic (exact) mass is 287 g/mol. The number of halogens is 1. The van der Waals surface area contributed by atoms with Crippen LogP contribution in [0.2, 0.25) is 5.15 Å². The molecule has 0 bridgehead atoms. The molecule has 0 spiro atoms. The largest absolute Gasteiger partial charge is 0.333 e. The molecule has 0 saturated heterocycles. The van der Waals surface area contributed by atoms with Gasteiger partial charge in [0, 0.05) is 7.05 Å². The Morgan fingerprint density at radius 1 is 1.30 bits per heavy atom. The fourth-order valence-corrected chi connectivity index (χ4v) is 2.78. The van der Waals surface area contributed by atoms with E-state index in [9.17, 15) is 4.79 Å². The molecule has 5 heteroatoms. The first-order valence-electron chi connectivity index (χ1n) is 6.49. The smallest absolute Gasteiger partial charge is 0.274 e. The molecule has 1 unspecified atom stereocenters. The summed E-state index contributed by atoms with van der Waals surface area (Å²) in [7, 11) is 1.81. The number of aromatic nitrogens is 2. The van der Waals surface area contributed by atoms with Gasteiger partial charge in [0.2, 0.25) is 0 Å². The predicted octanol–water partition coefficient (Wildman–Crippen LogP) is 2.89. The van der Waals surface area contributed by atoms with Crippen molar-refractivity contribution < 1.29 is 4.79 Å². The standard InChI is InChI=1S/C15H14ClN3O/c1-19(15(20)12-8-18-14(16)9-17-12)13-7-6-10-4-2-3-5-11(10)13/h2-5,8-9,13H,6-7H2,1H3. The van der Waals surface area contributed by atoms with E-state index in [-0.39, 0.29) is 17.1 Å². The molecule has 4 nitrogen and oxygen atoms in total. The minimum absolute atomic E-state index is 0.108. The van der Waals surface area contributed by atoms with Gasteiger partial charge in [-0.15, -0.1) is 0 Å². The van der Waals surface area contributed by atoms with Crippen molar-refractivity contribution in [1.29, 1.82) is 0 Å². The van der Waals surface area contributed by atoms with E-state index >= 15 is 0 Å². The van der Waals surface area contributed by atoms with Gasteiger partial charge in [0.05, 0.1) is 18.4 Å². The molecule has 0 N–H and O–H groups in total. The summed E-state index contributed by atoms with van der Waals surface area (Å²) in [6, 6.07) is 8.36. The number of rotatable bonds is 2. The van der Waals surface area contributed by atoms with Crippen LogP contribution in [0.25, 0.3) is 0 Å². The number of aryl methyl sites for hydroxylation is 1. The van der Waals surface area contributed by atoms with E-state index in [1.54, 1.807) is 4.90 Å². The normalized spacial score (nSPS) is 16.8. The summed E-state index contributed by atoms with van der Waals surface area (Å²) in [5, 5.41) is 0.287. The van der Waals surface area contributed by atoms with Crippen LogP contribution in [0.1, 0.15) is 34.1 Å². The van der Waals surface area contributed by atoms with Crippen LogP contribution in [0.4, 0.5) is 0 Å². The van der Waals surface area contributed by atoms with E-state index in [1.807, 2.05) is 19.2 Å². The van der Waals surface area contributed by atoms with Crippen molar-refractivity contribution in [3.8, 4) is 0 Å². The van der Waals surface area contributed by atoms with Crippen molar-refractivity contribution in [3.05, 3.63) is 58.6 Å². The minimum atomic E-state index is -0.129. The van der Waals surface area contributed by atoms with E-state index < -0.39 is 0 Å². The molecular weight excluding hydrogens is 274 g/mol. The van der Waals surface area contributed by atoms with Crippen LogP contribution in [0.15, 0.2) is 36.7 Å². The molecule has 0 saturated carbocycles. The molecule has 0 radical (unpaired) electrons. The molecule has 1 aromatic carbocycles. The Bertz CT molecular complexity index is 642. The van der Waals surface area contributed by atoms with Crippen LogP contribution in [0.3, 0.4) is 0 Å². The highest BCUT2D eigenvalue weighted by molar-refractivity contribution is 6.29. The summed E-state index contributed by atoms with van der Waals surface area (Å²) in [6.45, 7) is 0. The lowest BCUT2D eigenvalue weighted by Gasteiger charge is -2.25. The van der Waals surface area contributed by atoms with Crippen LogP contribution in [0.5, 0.6) is 0 Å². The van der Waals surface area contributed by atoms with Crippen LogP contribution >= 0.6 is 11.6 Å². The van der Waals surface area contributed by atoms with Crippen molar-refractivity contribution in [2.24, 2.45) is 0 Å². The number of carbonyl (C=O) groups excluding carboxylic acids is 1. The molecule has 1 aliphatic rings. The highest BCUT2D eigenvalue weighted by atomic mass is 35.5. The summed E-state index contributed by atoms with van der Waals surface area (Å²) in [6.07, 6.45) is 4.76. The van der Waals surface area contributed by atoms with Gasteiger partial charge in [-0.3, -0.25) is 4.79 Å². The zero-order valence-corrected chi connectivity index (χ0v) is 11.8. The first-order valence-corrected chi connectivity index (χ1v) is 6.87. The fourth-order valence-electron chi connectivity index (χ4n) is 2.68. The summed E-state index contributed by atoms with van der Waals surface area (Å²) in [5.41, 5.74) is 2.87. The van der Waals surface area contributed by atoms with Crippen molar-refractivity contribution in [1.82, 2.24) is 14.9 Å². The third-order valence-corrected chi connectivity index (χ3v) is 3.92. The predicted molar refractivity (Wildman–Crippen MR) is 76.6 cm³/mol. The third-order valence-electron chi connectivity index (χ3n) is 3.73. The lowest BCUT2D eigenvalue weighted by atomic mass is 10.1. The average molecular weight is 288 g/mol. The average Bonchev–Trinajstić information content (AvgIpc) is 2.90. The van der Waals surface area contributed by atoms with Gasteiger partial charge in [-0.1, -0.05) is 35.9 Å². The van der Waals surface area contributed by atoms with E-state index in [1.165, 1.54) is 23.5 Å². The maximum absolute atomic E-state index is 12.4. The Hall–Kier alpha value is -1.94. The highest BCUT2D eigenvalue weighted by Crippen LogP contribution is 2.35. The molecule has 1 aromatic heterocycles. The second kappa shape index (κ2) is 5.21. The van der Waals surface area contributed by atoms with Crippen LogP contribution in [0, 0.1) is 0 Å². The number of amides is 1. The maximum atomic E-state index is 12.4.